The van der Waals surface area contributed by atoms with Crippen molar-refractivity contribution < 1.29 is 0 Å². The van der Waals surface area contributed by atoms with E-state index >= 15 is 0 Å². The first kappa shape index (κ1) is 13.6. The van der Waals surface area contributed by atoms with Crippen molar-refractivity contribution in [2.45, 2.75) is 6.42 Å². The van der Waals surface area contributed by atoms with Crippen LogP contribution in [0, 0.1) is 0 Å². The van der Waals surface area contributed by atoms with E-state index in [1.165, 1.54) is 0 Å². The number of likely N-dealkylation sites (N-methyl/N-ethyl adjacent to an activating group) is 1. The van der Waals surface area contributed by atoms with E-state index in [-0.39, 0.29) is 0 Å². The lowest BCUT2D eigenvalue weighted by Gasteiger charge is -2.02. The Kier molecular flexibility index (Phi) is 4.43. The monoisotopic (exact) mass is 327 g/mol. The second-order valence-corrected chi connectivity index (χ2v) is 5.37. The average molecular weight is 329 g/mol. The fraction of sp³-hybridized carbons (Fsp3) is 0.308. The van der Waals surface area contributed by atoms with Crippen molar-refractivity contribution in [2.24, 2.45) is 7.05 Å². The van der Waals surface area contributed by atoms with Crippen LogP contribution in [-0.4, -0.2) is 23.1 Å². The van der Waals surface area contributed by atoms with E-state index in [1.807, 2.05) is 42.9 Å². The molecule has 0 bridgehead atoms. The molecule has 0 aliphatic heterocycles. The number of aromatic nitrogens is 2. The van der Waals surface area contributed by atoms with Gasteiger partial charge in [0.15, 0.2) is 0 Å². The highest BCUT2D eigenvalue weighted by Crippen LogP contribution is 2.26. The molecule has 0 radical (unpaired) electrons. The van der Waals surface area contributed by atoms with E-state index in [1.54, 1.807) is 0 Å². The van der Waals surface area contributed by atoms with Gasteiger partial charge in [0.25, 0.3) is 0 Å². The minimum absolute atomic E-state index is 0.709. The highest BCUT2D eigenvalue weighted by molar-refractivity contribution is 9.10. The van der Waals surface area contributed by atoms with Crippen LogP contribution in [0.1, 0.15) is 5.69 Å². The molecule has 0 saturated carbocycles. The molecule has 2 rings (SSSR count). The Morgan fingerprint density at radius 3 is 2.89 bits per heavy atom. The van der Waals surface area contributed by atoms with Crippen molar-refractivity contribution in [1.82, 2.24) is 14.9 Å². The second kappa shape index (κ2) is 5.87. The minimum atomic E-state index is 0.709. The molecule has 96 valence electrons. The van der Waals surface area contributed by atoms with Crippen molar-refractivity contribution >= 4 is 27.5 Å². The molecule has 1 aromatic carbocycles. The smallest absolute Gasteiger partial charge is 0.141 e. The van der Waals surface area contributed by atoms with Crippen LogP contribution in [0.25, 0.3) is 11.4 Å². The summed E-state index contributed by atoms with van der Waals surface area (Å²) in [7, 11) is 3.86. The number of halogens is 2. The number of hydrogen-bond acceptors (Lipinski definition) is 2. The fourth-order valence-corrected chi connectivity index (χ4v) is 2.44. The van der Waals surface area contributed by atoms with Crippen LogP contribution in [-0.2, 0) is 13.5 Å². The van der Waals surface area contributed by atoms with Crippen LogP contribution in [0.4, 0.5) is 0 Å². The van der Waals surface area contributed by atoms with Gasteiger partial charge in [-0.2, -0.15) is 0 Å². The molecule has 0 aliphatic rings. The Hall–Kier alpha value is -0.840. The number of nitrogens with one attached hydrogen (secondary N) is 1. The van der Waals surface area contributed by atoms with Gasteiger partial charge in [-0.15, -0.1) is 0 Å². The summed E-state index contributed by atoms with van der Waals surface area (Å²) < 4.78 is 2.96. The summed E-state index contributed by atoms with van der Waals surface area (Å²) in [6, 6.07) is 8.07. The predicted molar refractivity (Wildman–Crippen MR) is 79.0 cm³/mol. The number of nitrogens with zero attached hydrogens (tertiary/aromatic N) is 2. The van der Waals surface area contributed by atoms with Crippen LogP contribution < -0.4 is 5.32 Å². The van der Waals surface area contributed by atoms with Gasteiger partial charge in [-0.05, 0) is 19.2 Å². The maximum Gasteiger partial charge on any atom is 0.141 e. The second-order valence-electron chi connectivity index (χ2n) is 4.10. The molecule has 0 aliphatic carbocycles. The van der Waals surface area contributed by atoms with Gasteiger partial charge in [0.05, 0.1) is 5.69 Å². The highest BCUT2D eigenvalue weighted by atomic mass is 79.9. The minimum Gasteiger partial charge on any atom is -0.319 e. The molecule has 0 saturated heterocycles. The summed E-state index contributed by atoms with van der Waals surface area (Å²) in [6.07, 6.45) is 0.831. The van der Waals surface area contributed by atoms with E-state index in [0.29, 0.717) is 5.15 Å². The van der Waals surface area contributed by atoms with Crippen LogP contribution >= 0.6 is 27.5 Å². The first-order valence-electron chi connectivity index (χ1n) is 5.75. The fourth-order valence-electron chi connectivity index (χ4n) is 1.82. The molecule has 0 amide bonds. The lowest BCUT2D eigenvalue weighted by Crippen LogP contribution is -2.10. The zero-order chi connectivity index (χ0) is 13.1. The molecule has 1 aromatic heterocycles. The molecule has 5 heteroatoms. The van der Waals surface area contributed by atoms with Crippen LogP contribution in [0.5, 0.6) is 0 Å². The van der Waals surface area contributed by atoms with E-state index < -0.39 is 0 Å². The molecule has 0 spiro atoms. The Balaban J connectivity index is 2.39. The van der Waals surface area contributed by atoms with Crippen LogP contribution in [0.3, 0.4) is 0 Å². The van der Waals surface area contributed by atoms with Crippen molar-refractivity contribution in [3.8, 4) is 11.4 Å². The van der Waals surface area contributed by atoms with E-state index in [9.17, 15) is 0 Å². The van der Waals surface area contributed by atoms with Crippen molar-refractivity contribution in [3.63, 3.8) is 0 Å². The lowest BCUT2D eigenvalue weighted by molar-refractivity contribution is 0.779. The summed E-state index contributed by atoms with van der Waals surface area (Å²) in [5, 5.41) is 3.81. The highest BCUT2D eigenvalue weighted by Gasteiger charge is 2.13. The Morgan fingerprint density at radius 1 is 1.44 bits per heavy atom. The summed E-state index contributed by atoms with van der Waals surface area (Å²) in [5.41, 5.74) is 1.99. The molecule has 0 fully saturated rings. The van der Waals surface area contributed by atoms with Crippen LogP contribution in [0.2, 0.25) is 5.15 Å². The molecule has 2 aromatic rings. The standard InChI is InChI=1S/C13H15BrClN3/c1-16-7-6-11-12(15)18(2)13(17-11)9-4-3-5-10(14)8-9/h3-5,8,16H,6-7H2,1-2H3. The predicted octanol–water partition coefficient (Wildman–Crippen LogP) is 3.26. The summed E-state index contributed by atoms with van der Waals surface area (Å²) >= 11 is 9.77. The zero-order valence-electron chi connectivity index (χ0n) is 10.4. The zero-order valence-corrected chi connectivity index (χ0v) is 12.7. The first-order valence-corrected chi connectivity index (χ1v) is 6.92. The Bertz CT molecular complexity index is 551. The molecule has 0 atom stereocenters. The van der Waals surface area contributed by atoms with E-state index in [4.69, 9.17) is 11.6 Å². The summed E-state index contributed by atoms with van der Waals surface area (Å²) in [5.74, 6) is 0.896. The first-order chi connectivity index (χ1) is 8.63. The molecule has 3 nitrogen and oxygen atoms in total. The third-order valence-electron chi connectivity index (χ3n) is 2.79. The van der Waals surface area contributed by atoms with Gasteiger partial charge in [-0.3, -0.25) is 0 Å². The quantitative estimate of drug-likeness (QED) is 0.933. The number of rotatable bonds is 4. The van der Waals surface area contributed by atoms with Gasteiger partial charge < -0.3 is 9.88 Å². The van der Waals surface area contributed by atoms with Crippen molar-refractivity contribution in [2.75, 3.05) is 13.6 Å². The van der Waals surface area contributed by atoms with Gasteiger partial charge in [-0.25, -0.2) is 4.98 Å². The average Bonchev–Trinajstić information content (AvgIpc) is 2.64. The largest absolute Gasteiger partial charge is 0.319 e. The van der Waals surface area contributed by atoms with E-state index in [0.717, 1.165) is 34.5 Å². The van der Waals surface area contributed by atoms with Gasteiger partial charge in [0.1, 0.15) is 11.0 Å². The number of hydrogen-bond donors (Lipinski definition) is 1. The van der Waals surface area contributed by atoms with Gasteiger partial charge in [-0.1, -0.05) is 39.7 Å². The molecule has 0 unspecified atom stereocenters. The lowest BCUT2D eigenvalue weighted by atomic mass is 10.2. The van der Waals surface area contributed by atoms with Gasteiger partial charge >= 0.3 is 0 Å². The van der Waals surface area contributed by atoms with Gasteiger partial charge in [0, 0.05) is 30.0 Å². The SMILES string of the molecule is CNCCc1nc(-c2cccc(Br)c2)n(C)c1Cl. The Morgan fingerprint density at radius 2 is 2.22 bits per heavy atom. The van der Waals surface area contributed by atoms with E-state index in [2.05, 4.69) is 26.2 Å². The van der Waals surface area contributed by atoms with Crippen molar-refractivity contribution in [1.29, 1.82) is 0 Å². The molecule has 1 heterocycles. The van der Waals surface area contributed by atoms with Gasteiger partial charge in [0.2, 0.25) is 0 Å². The topological polar surface area (TPSA) is 29.9 Å². The number of imidazole rings is 1. The summed E-state index contributed by atoms with van der Waals surface area (Å²) in [6.45, 7) is 0.870. The third kappa shape index (κ3) is 2.76. The maximum absolute atomic E-state index is 6.30. The normalized spacial score (nSPS) is 10.9. The van der Waals surface area contributed by atoms with Crippen molar-refractivity contribution in [3.05, 3.63) is 39.6 Å². The van der Waals surface area contributed by atoms with Crippen LogP contribution in [0.15, 0.2) is 28.7 Å². The maximum atomic E-state index is 6.30. The molecular weight excluding hydrogens is 314 g/mol. The molecule has 18 heavy (non-hydrogen) atoms. The molecule has 1 N–H and O–H groups in total. The molecular formula is C13H15BrClN3. The summed E-state index contributed by atoms with van der Waals surface area (Å²) in [4.78, 5) is 4.63. The Labute approximate surface area is 120 Å². The number of benzene rings is 1. The third-order valence-corrected chi connectivity index (χ3v) is 3.75.